The summed E-state index contributed by atoms with van der Waals surface area (Å²) in [5.41, 5.74) is 3.33. The molecule has 3 aromatic rings. The van der Waals surface area contributed by atoms with Crippen molar-refractivity contribution < 1.29 is 19.0 Å². The molecule has 3 atom stereocenters. The van der Waals surface area contributed by atoms with Crippen LogP contribution in [0.3, 0.4) is 0 Å². The number of hydrogen-bond acceptors (Lipinski definition) is 5. The van der Waals surface area contributed by atoms with Gasteiger partial charge < -0.3 is 14.2 Å². The molecule has 2 heterocycles. The molecule has 0 bridgehead atoms. The smallest absolute Gasteiger partial charge is 0.238 e. The predicted molar refractivity (Wildman–Crippen MR) is 133 cm³/mol. The van der Waals surface area contributed by atoms with Crippen molar-refractivity contribution in [1.82, 2.24) is 10.0 Å². The summed E-state index contributed by atoms with van der Waals surface area (Å²) in [7, 11) is 0. The molecule has 0 unspecified atom stereocenters. The van der Waals surface area contributed by atoms with Gasteiger partial charge in [-0.25, -0.2) is 5.01 Å². The van der Waals surface area contributed by atoms with E-state index in [-0.39, 0.29) is 24.2 Å². The molecule has 182 valence electrons. The fourth-order valence-corrected chi connectivity index (χ4v) is 4.81. The second kappa shape index (κ2) is 11.6. The molecule has 6 nitrogen and oxygen atoms in total. The highest BCUT2D eigenvalue weighted by molar-refractivity contribution is 5.78. The van der Waals surface area contributed by atoms with Crippen LogP contribution in [0, 0.1) is 0 Å². The van der Waals surface area contributed by atoms with Crippen LogP contribution < -0.4 is 0 Å². The zero-order chi connectivity index (χ0) is 23.9. The van der Waals surface area contributed by atoms with Gasteiger partial charge in [0.1, 0.15) is 12.2 Å². The summed E-state index contributed by atoms with van der Waals surface area (Å²) >= 11 is 0. The molecular weight excluding hydrogens is 440 g/mol. The first-order valence-electron chi connectivity index (χ1n) is 12.3. The van der Waals surface area contributed by atoms with Gasteiger partial charge in [-0.15, -0.1) is 0 Å². The number of nitrogens with zero attached hydrogens (tertiary/aromatic N) is 2. The van der Waals surface area contributed by atoms with Crippen LogP contribution in [0.1, 0.15) is 23.1 Å². The Morgan fingerprint density at radius 2 is 1.26 bits per heavy atom. The third-order valence-corrected chi connectivity index (χ3v) is 6.63. The fourth-order valence-electron chi connectivity index (χ4n) is 4.81. The van der Waals surface area contributed by atoms with E-state index in [1.54, 1.807) is 0 Å². The Morgan fingerprint density at radius 3 is 1.86 bits per heavy atom. The highest BCUT2D eigenvalue weighted by Crippen LogP contribution is 2.30. The highest BCUT2D eigenvalue weighted by atomic mass is 16.5. The summed E-state index contributed by atoms with van der Waals surface area (Å²) in [4.78, 5) is 12.7. The van der Waals surface area contributed by atoms with Gasteiger partial charge in [-0.05, 0) is 16.7 Å². The average molecular weight is 473 g/mol. The van der Waals surface area contributed by atoms with Crippen molar-refractivity contribution in [2.75, 3.05) is 19.7 Å². The summed E-state index contributed by atoms with van der Waals surface area (Å²) < 4.78 is 19.1. The van der Waals surface area contributed by atoms with Gasteiger partial charge in [0.2, 0.25) is 5.91 Å². The Kier molecular flexibility index (Phi) is 7.85. The molecule has 6 heteroatoms. The number of carbonyl (C=O) groups excluding carboxylic acids is 1. The molecule has 0 saturated carbocycles. The van der Waals surface area contributed by atoms with Gasteiger partial charge >= 0.3 is 0 Å². The molecule has 2 fully saturated rings. The molecule has 5 rings (SSSR count). The van der Waals surface area contributed by atoms with Crippen LogP contribution in [0.2, 0.25) is 0 Å². The van der Waals surface area contributed by atoms with Crippen LogP contribution in [-0.4, -0.2) is 53.9 Å². The van der Waals surface area contributed by atoms with Gasteiger partial charge in [-0.1, -0.05) is 91.0 Å². The predicted octanol–water partition coefficient (Wildman–Crippen LogP) is 4.21. The first-order chi connectivity index (χ1) is 17.3. The zero-order valence-electron chi connectivity index (χ0n) is 19.9. The van der Waals surface area contributed by atoms with Crippen molar-refractivity contribution in [1.29, 1.82) is 0 Å². The lowest BCUT2D eigenvalue weighted by Gasteiger charge is -2.47. The number of amides is 1. The molecule has 0 aromatic heterocycles. The van der Waals surface area contributed by atoms with Gasteiger partial charge in [0.05, 0.1) is 39.0 Å². The molecule has 35 heavy (non-hydrogen) atoms. The van der Waals surface area contributed by atoms with E-state index in [2.05, 4.69) is 41.4 Å². The molecule has 2 aliphatic heterocycles. The summed E-state index contributed by atoms with van der Waals surface area (Å²) in [5.74, 6) is 0.132. The maximum absolute atomic E-state index is 12.7. The number of hydrogen-bond donors (Lipinski definition) is 0. The SMILES string of the molecule is O=C1CCN2[C@H](COCc3ccccc3)[C@@H](OCc3ccccc3)[C@H](OCc3ccccc3)CN12. The second-order valence-electron chi connectivity index (χ2n) is 9.05. The standard InChI is InChI=1S/C29H32N2O4/c32-28-16-17-30-26(22-33-19-23-10-4-1-5-11-23)29(35-21-25-14-8-3-9-15-25)27(18-31(28)30)34-20-24-12-6-2-7-13-24/h1-15,26-27,29H,16-22H2/t26-,27-,29-/m1/s1. The number of fused-ring (bicyclic) bond motifs is 1. The number of rotatable bonds is 10. The molecule has 0 aliphatic carbocycles. The minimum atomic E-state index is -0.262. The lowest BCUT2D eigenvalue weighted by molar-refractivity contribution is -0.212. The van der Waals surface area contributed by atoms with E-state index in [0.29, 0.717) is 45.9 Å². The van der Waals surface area contributed by atoms with Crippen molar-refractivity contribution in [3.05, 3.63) is 108 Å². The van der Waals surface area contributed by atoms with E-state index >= 15 is 0 Å². The Hall–Kier alpha value is -3.03. The van der Waals surface area contributed by atoms with E-state index in [9.17, 15) is 4.79 Å². The van der Waals surface area contributed by atoms with Gasteiger partial charge in [0.25, 0.3) is 0 Å². The Balaban J connectivity index is 1.34. The lowest BCUT2D eigenvalue weighted by atomic mass is 10.0. The number of ether oxygens (including phenoxy) is 3. The van der Waals surface area contributed by atoms with E-state index in [0.717, 1.165) is 16.7 Å². The second-order valence-corrected chi connectivity index (χ2v) is 9.05. The number of benzene rings is 3. The lowest BCUT2D eigenvalue weighted by Crippen LogP contribution is -2.65. The largest absolute Gasteiger partial charge is 0.375 e. The average Bonchev–Trinajstić information content (AvgIpc) is 3.28. The normalized spacial score (nSPS) is 22.3. The molecule has 0 radical (unpaired) electrons. The minimum Gasteiger partial charge on any atom is -0.375 e. The summed E-state index contributed by atoms with van der Waals surface area (Å²) in [5, 5.41) is 3.97. The Morgan fingerprint density at radius 1 is 0.714 bits per heavy atom. The Bertz CT molecular complexity index is 1060. The van der Waals surface area contributed by atoms with Crippen molar-refractivity contribution in [3.8, 4) is 0 Å². The van der Waals surface area contributed by atoms with Gasteiger partial charge in [0, 0.05) is 13.0 Å². The van der Waals surface area contributed by atoms with Crippen LogP contribution in [0.25, 0.3) is 0 Å². The van der Waals surface area contributed by atoms with E-state index in [1.807, 2.05) is 59.6 Å². The van der Waals surface area contributed by atoms with Gasteiger partial charge in [-0.2, -0.15) is 0 Å². The molecular formula is C29H32N2O4. The van der Waals surface area contributed by atoms with Crippen LogP contribution in [0.15, 0.2) is 91.0 Å². The van der Waals surface area contributed by atoms with E-state index in [4.69, 9.17) is 14.2 Å². The first kappa shape index (κ1) is 23.7. The quantitative estimate of drug-likeness (QED) is 0.443. The highest BCUT2D eigenvalue weighted by Gasteiger charge is 2.48. The molecule has 2 aliphatic rings. The van der Waals surface area contributed by atoms with Crippen LogP contribution in [0.5, 0.6) is 0 Å². The van der Waals surface area contributed by atoms with Crippen LogP contribution in [0.4, 0.5) is 0 Å². The van der Waals surface area contributed by atoms with Gasteiger partial charge in [-0.3, -0.25) is 9.80 Å². The summed E-state index contributed by atoms with van der Waals surface area (Å²) in [6, 6.07) is 30.3. The third kappa shape index (κ3) is 5.97. The van der Waals surface area contributed by atoms with Crippen LogP contribution >= 0.6 is 0 Å². The molecule has 0 spiro atoms. The molecule has 1 amide bonds. The fraction of sp³-hybridized carbons (Fsp3) is 0.345. The Labute approximate surface area is 207 Å². The van der Waals surface area contributed by atoms with Crippen molar-refractivity contribution in [2.24, 2.45) is 0 Å². The maximum atomic E-state index is 12.7. The number of carbonyl (C=O) groups is 1. The molecule has 2 saturated heterocycles. The first-order valence-corrected chi connectivity index (χ1v) is 12.3. The van der Waals surface area contributed by atoms with E-state index < -0.39 is 0 Å². The molecule has 0 N–H and O–H groups in total. The topological polar surface area (TPSA) is 51.2 Å². The maximum Gasteiger partial charge on any atom is 0.238 e. The monoisotopic (exact) mass is 472 g/mol. The van der Waals surface area contributed by atoms with Crippen LogP contribution in [-0.2, 0) is 38.8 Å². The summed E-state index contributed by atoms with van der Waals surface area (Å²) in [6.45, 7) is 3.07. The number of hydrazine groups is 1. The minimum absolute atomic E-state index is 0.122. The third-order valence-electron chi connectivity index (χ3n) is 6.63. The molecule has 3 aromatic carbocycles. The zero-order valence-corrected chi connectivity index (χ0v) is 19.9. The van der Waals surface area contributed by atoms with Crippen molar-refractivity contribution >= 4 is 5.91 Å². The summed E-state index contributed by atoms with van der Waals surface area (Å²) in [6.07, 6.45) is 0.00538. The van der Waals surface area contributed by atoms with Crippen molar-refractivity contribution in [2.45, 2.75) is 44.5 Å². The van der Waals surface area contributed by atoms with Crippen molar-refractivity contribution in [3.63, 3.8) is 0 Å². The van der Waals surface area contributed by atoms with E-state index in [1.165, 1.54) is 0 Å². The van der Waals surface area contributed by atoms with Gasteiger partial charge in [0.15, 0.2) is 0 Å².